The molecule has 3 rings (SSSR count). The smallest absolute Gasteiger partial charge is 0.414 e. The van der Waals surface area contributed by atoms with Crippen molar-refractivity contribution in [1.82, 2.24) is 9.80 Å². The van der Waals surface area contributed by atoms with Gasteiger partial charge in [-0.25, -0.2) is 9.59 Å². The summed E-state index contributed by atoms with van der Waals surface area (Å²) in [7, 11) is 5.00. The number of halogens is 1. The van der Waals surface area contributed by atoms with Crippen LogP contribution in [-0.4, -0.2) is 79.5 Å². The third-order valence-corrected chi connectivity index (χ3v) is 5.68. The first kappa shape index (κ1) is 26.4. The molecule has 1 aliphatic rings. The number of aliphatic carboxylic acids is 2. The SMILES string of the molecule is COc1cc(OC)c(OC)cc1CN1CCN(Cc2ccc(Br)cc2)CC1.O=C(O)C(=O)O. The highest BCUT2D eigenvalue weighted by atomic mass is 79.9. The van der Waals surface area contributed by atoms with Gasteiger partial charge in [-0.3, -0.25) is 9.80 Å². The topological polar surface area (TPSA) is 109 Å². The number of carbonyl (C=O) groups is 2. The van der Waals surface area contributed by atoms with E-state index in [1.54, 1.807) is 21.3 Å². The maximum Gasteiger partial charge on any atom is 0.414 e. The fraction of sp³-hybridized carbons (Fsp3) is 0.391. The Hall–Kier alpha value is -2.82. The van der Waals surface area contributed by atoms with E-state index in [4.69, 9.17) is 34.0 Å². The second-order valence-corrected chi connectivity index (χ2v) is 8.22. The lowest BCUT2D eigenvalue weighted by molar-refractivity contribution is -0.159. The zero-order valence-electron chi connectivity index (χ0n) is 18.9. The Balaban J connectivity index is 0.000000569. The van der Waals surface area contributed by atoms with Gasteiger partial charge in [0, 0.05) is 55.4 Å². The predicted octanol–water partition coefficient (Wildman–Crippen LogP) is 2.95. The van der Waals surface area contributed by atoms with Crippen molar-refractivity contribution in [2.45, 2.75) is 13.1 Å². The van der Waals surface area contributed by atoms with Gasteiger partial charge in [-0.2, -0.15) is 0 Å². The monoisotopic (exact) mass is 524 g/mol. The van der Waals surface area contributed by atoms with E-state index in [-0.39, 0.29) is 0 Å². The summed E-state index contributed by atoms with van der Waals surface area (Å²) < 4.78 is 17.5. The van der Waals surface area contributed by atoms with E-state index < -0.39 is 11.9 Å². The third-order valence-electron chi connectivity index (χ3n) is 5.15. The Labute approximate surface area is 201 Å². The number of piperazine rings is 1. The van der Waals surface area contributed by atoms with Gasteiger partial charge in [0.25, 0.3) is 0 Å². The summed E-state index contributed by atoms with van der Waals surface area (Å²) in [5, 5.41) is 14.8. The van der Waals surface area contributed by atoms with Crippen molar-refractivity contribution in [3.05, 3.63) is 52.0 Å². The Bertz CT molecular complexity index is 917. The van der Waals surface area contributed by atoms with Gasteiger partial charge >= 0.3 is 11.9 Å². The fourth-order valence-corrected chi connectivity index (χ4v) is 3.67. The van der Waals surface area contributed by atoms with E-state index in [1.807, 2.05) is 12.1 Å². The van der Waals surface area contributed by atoms with E-state index in [0.29, 0.717) is 5.75 Å². The number of nitrogens with zero attached hydrogens (tertiary/aromatic N) is 2. The van der Waals surface area contributed by atoms with Crippen molar-refractivity contribution in [1.29, 1.82) is 0 Å². The van der Waals surface area contributed by atoms with Crippen LogP contribution >= 0.6 is 15.9 Å². The third kappa shape index (κ3) is 8.23. The Morgan fingerprint density at radius 2 is 1.24 bits per heavy atom. The first-order valence-electron chi connectivity index (χ1n) is 10.2. The summed E-state index contributed by atoms with van der Waals surface area (Å²) in [5.41, 5.74) is 2.48. The summed E-state index contributed by atoms with van der Waals surface area (Å²) >= 11 is 3.49. The summed E-state index contributed by atoms with van der Waals surface area (Å²) in [6.07, 6.45) is 0. The fourth-order valence-electron chi connectivity index (χ4n) is 3.41. The predicted molar refractivity (Wildman–Crippen MR) is 126 cm³/mol. The average molecular weight is 525 g/mol. The van der Waals surface area contributed by atoms with Crippen LogP contribution in [0.4, 0.5) is 0 Å². The molecular weight excluding hydrogens is 496 g/mol. The Morgan fingerprint density at radius 3 is 1.70 bits per heavy atom. The lowest BCUT2D eigenvalue weighted by atomic mass is 10.1. The number of hydrogen-bond acceptors (Lipinski definition) is 7. The van der Waals surface area contributed by atoms with Gasteiger partial charge in [0.2, 0.25) is 0 Å². The molecule has 0 saturated carbocycles. The minimum Gasteiger partial charge on any atom is -0.496 e. The zero-order chi connectivity index (χ0) is 24.4. The van der Waals surface area contributed by atoms with Crippen LogP contribution in [0.2, 0.25) is 0 Å². The summed E-state index contributed by atoms with van der Waals surface area (Å²) in [5.74, 6) is -1.38. The normalized spacial score (nSPS) is 14.1. The molecule has 180 valence electrons. The highest BCUT2D eigenvalue weighted by molar-refractivity contribution is 9.10. The second kappa shape index (κ2) is 13.0. The summed E-state index contributed by atoms with van der Waals surface area (Å²) in [6.45, 7) is 6.04. The molecule has 2 aromatic rings. The van der Waals surface area contributed by atoms with Gasteiger partial charge in [0.1, 0.15) is 5.75 Å². The molecule has 0 aliphatic carbocycles. The van der Waals surface area contributed by atoms with Crippen molar-refractivity contribution in [3.8, 4) is 17.2 Å². The molecule has 10 heteroatoms. The highest BCUT2D eigenvalue weighted by Gasteiger charge is 2.20. The van der Waals surface area contributed by atoms with Crippen molar-refractivity contribution in [3.63, 3.8) is 0 Å². The van der Waals surface area contributed by atoms with Crippen LogP contribution in [-0.2, 0) is 22.7 Å². The van der Waals surface area contributed by atoms with Crippen molar-refractivity contribution < 1.29 is 34.0 Å². The summed E-state index contributed by atoms with van der Waals surface area (Å²) in [4.78, 5) is 23.2. The molecule has 0 aromatic heterocycles. The molecule has 1 saturated heterocycles. The maximum absolute atomic E-state index is 9.10. The minimum absolute atomic E-state index is 0.692. The first-order valence-corrected chi connectivity index (χ1v) is 11.0. The molecule has 0 radical (unpaired) electrons. The number of rotatable bonds is 7. The molecule has 0 bridgehead atoms. The Morgan fingerprint density at radius 1 is 0.788 bits per heavy atom. The lowest BCUT2D eigenvalue weighted by Crippen LogP contribution is -2.45. The second-order valence-electron chi connectivity index (χ2n) is 7.31. The molecule has 2 N–H and O–H groups in total. The Kier molecular flexibility index (Phi) is 10.4. The zero-order valence-corrected chi connectivity index (χ0v) is 20.5. The molecule has 1 aliphatic heterocycles. The lowest BCUT2D eigenvalue weighted by Gasteiger charge is -2.35. The molecule has 0 amide bonds. The number of methoxy groups -OCH3 is 3. The molecule has 9 nitrogen and oxygen atoms in total. The number of benzene rings is 2. The van der Waals surface area contributed by atoms with Crippen LogP contribution in [0, 0.1) is 0 Å². The molecule has 2 aromatic carbocycles. The number of carboxylic acids is 2. The van der Waals surface area contributed by atoms with Gasteiger partial charge in [-0.05, 0) is 23.8 Å². The summed E-state index contributed by atoms with van der Waals surface area (Å²) in [6, 6.07) is 12.5. The molecule has 33 heavy (non-hydrogen) atoms. The van der Waals surface area contributed by atoms with Crippen LogP contribution in [0.25, 0.3) is 0 Å². The van der Waals surface area contributed by atoms with Crippen molar-refractivity contribution in [2.75, 3.05) is 47.5 Å². The number of carboxylic acid groups (broad SMARTS) is 2. The van der Waals surface area contributed by atoms with Crippen molar-refractivity contribution >= 4 is 27.9 Å². The standard InChI is InChI=1S/C21H27BrN2O3.C2H2O4/c1-25-19-13-21(27-3)20(26-2)12-17(19)15-24-10-8-23(9-11-24)14-16-4-6-18(22)7-5-16;3-1(4)2(5)6/h4-7,12-13H,8-11,14-15H2,1-3H3;(H,3,4)(H,5,6). The van der Waals surface area contributed by atoms with Gasteiger partial charge in [0.15, 0.2) is 11.5 Å². The first-order chi connectivity index (χ1) is 15.8. The van der Waals surface area contributed by atoms with E-state index in [0.717, 1.165) is 60.8 Å². The highest BCUT2D eigenvalue weighted by Crippen LogP contribution is 2.35. The van der Waals surface area contributed by atoms with Gasteiger partial charge < -0.3 is 24.4 Å². The molecule has 1 fully saturated rings. The van der Waals surface area contributed by atoms with Crippen LogP contribution in [0.15, 0.2) is 40.9 Å². The van der Waals surface area contributed by atoms with Crippen LogP contribution in [0.1, 0.15) is 11.1 Å². The maximum atomic E-state index is 9.10. The van der Waals surface area contributed by atoms with Crippen LogP contribution in [0.5, 0.6) is 17.2 Å². The van der Waals surface area contributed by atoms with E-state index in [9.17, 15) is 0 Å². The largest absolute Gasteiger partial charge is 0.496 e. The van der Waals surface area contributed by atoms with Crippen LogP contribution in [0.3, 0.4) is 0 Å². The molecule has 0 unspecified atom stereocenters. The van der Waals surface area contributed by atoms with Gasteiger partial charge in [-0.1, -0.05) is 28.1 Å². The number of hydrogen-bond donors (Lipinski definition) is 2. The molecular formula is C23H29BrN2O7. The molecule has 0 spiro atoms. The van der Waals surface area contributed by atoms with E-state index >= 15 is 0 Å². The van der Waals surface area contributed by atoms with E-state index in [2.05, 4.69) is 50.0 Å². The average Bonchev–Trinajstić information content (AvgIpc) is 2.81. The number of ether oxygens (including phenoxy) is 3. The van der Waals surface area contributed by atoms with Gasteiger partial charge in [0.05, 0.1) is 21.3 Å². The minimum atomic E-state index is -1.82. The van der Waals surface area contributed by atoms with E-state index in [1.165, 1.54) is 5.56 Å². The molecule has 0 atom stereocenters. The van der Waals surface area contributed by atoms with Crippen LogP contribution < -0.4 is 14.2 Å². The molecule has 1 heterocycles. The van der Waals surface area contributed by atoms with Crippen molar-refractivity contribution in [2.24, 2.45) is 0 Å². The quantitative estimate of drug-likeness (QED) is 0.528. The van der Waals surface area contributed by atoms with Gasteiger partial charge in [-0.15, -0.1) is 0 Å².